The largest absolute Gasteiger partial charge is 0.328 e. The van der Waals surface area contributed by atoms with Crippen molar-refractivity contribution >= 4 is 11.8 Å². The van der Waals surface area contributed by atoms with Crippen LogP contribution in [0.3, 0.4) is 0 Å². The quantitative estimate of drug-likeness (QED) is 0.542. The molecule has 50 valence electrons. The van der Waals surface area contributed by atoms with Crippen molar-refractivity contribution in [1.29, 1.82) is 5.26 Å². The van der Waals surface area contributed by atoms with Crippen molar-refractivity contribution in [2.24, 2.45) is 5.73 Å². The molecule has 0 aromatic carbocycles. The average molecular weight is 142 g/mol. The molecule has 3 heteroatoms. The van der Waals surface area contributed by atoms with Gasteiger partial charge < -0.3 is 5.73 Å². The molecule has 0 aromatic heterocycles. The summed E-state index contributed by atoms with van der Waals surface area (Å²) in [6.07, 6.45) is 1.95. The number of nitrogens with two attached hydrogens (primary N) is 1. The Hall–Kier alpha value is -0.200. The van der Waals surface area contributed by atoms with Gasteiger partial charge in [0, 0.05) is 6.04 Å². The van der Waals surface area contributed by atoms with E-state index >= 15 is 0 Å². The van der Waals surface area contributed by atoms with Gasteiger partial charge in [0.15, 0.2) is 0 Å². The monoisotopic (exact) mass is 142 g/mol. The molecule has 1 aliphatic rings. The van der Waals surface area contributed by atoms with Gasteiger partial charge in [0.2, 0.25) is 0 Å². The maximum absolute atomic E-state index is 8.48. The SMILES string of the molecule is N#CC1CC(N)CCS1. The van der Waals surface area contributed by atoms with E-state index in [1.54, 1.807) is 11.8 Å². The van der Waals surface area contributed by atoms with Crippen molar-refractivity contribution in [3.63, 3.8) is 0 Å². The summed E-state index contributed by atoms with van der Waals surface area (Å²) in [6.45, 7) is 0. The highest BCUT2D eigenvalue weighted by atomic mass is 32.2. The second kappa shape index (κ2) is 3.09. The lowest BCUT2D eigenvalue weighted by Gasteiger charge is -2.20. The van der Waals surface area contributed by atoms with E-state index in [1.807, 2.05) is 0 Å². The Morgan fingerprint density at radius 3 is 2.89 bits per heavy atom. The lowest BCUT2D eigenvalue weighted by Crippen LogP contribution is -2.29. The Bertz CT molecular complexity index is 130. The van der Waals surface area contributed by atoms with Crippen LogP contribution in [0.2, 0.25) is 0 Å². The highest BCUT2D eigenvalue weighted by Gasteiger charge is 2.18. The molecule has 2 nitrogen and oxygen atoms in total. The highest BCUT2D eigenvalue weighted by Crippen LogP contribution is 2.23. The molecule has 0 saturated carbocycles. The van der Waals surface area contributed by atoms with Gasteiger partial charge in [0.1, 0.15) is 0 Å². The molecule has 0 radical (unpaired) electrons. The first-order chi connectivity index (χ1) is 4.33. The number of nitrogens with zero attached hydrogens (tertiary/aromatic N) is 1. The molecular formula is C6H10N2S. The summed E-state index contributed by atoms with van der Waals surface area (Å²) in [5.74, 6) is 1.05. The minimum absolute atomic E-state index is 0.161. The number of thioether (sulfide) groups is 1. The summed E-state index contributed by atoms with van der Waals surface area (Å²) in [5.41, 5.74) is 5.64. The van der Waals surface area contributed by atoms with Gasteiger partial charge in [-0.05, 0) is 18.6 Å². The summed E-state index contributed by atoms with van der Waals surface area (Å²) in [6, 6.07) is 2.49. The van der Waals surface area contributed by atoms with Crippen molar-refractivity contribution in [3.8, 4) is 6.07 Å². The first-order valence-corrected chi connectivity index (χ1v) is 4.14. The van der Waals surface area contributed by atoms with E-state index in [0.717, 1.165) is 18.6 Å². The van der Waals surface area contributed by atoms with Crippen LogP contribution in [0.5, 0.6) is 0 Å². The fourth-order valence-corrected chi connectivity index (χ4v) is 2.09. The molecule has 1 fully saturated rings. The molecule has 0 aliphatic carbocycles. The summed E-state index contributed by atoms with van der Waals surface area (Å²) < 4.78 is 0. The molecule has 1 saturated heterocycles. The number of hydrogen-bond acceptors (Lipinski definition) is 3. The molecule has 2 N–H and O–H groups in total. The Morgan fingerprint density at radius 1 is 1.67 bits per heavy atom. The zero-order valence-electron chi connectivity index (χ0n) is 5.21. The molecule has 1 aliphatic heterocycles. The molecule has 1 rings (SSSR count). The Morgan fingerprint density at radius 2 is 2.44 bits per heavy atom. The van der Waals surface area contributed by atoms with Crippen LogP contribution in [0.15, 0.2) is 0 Å². The summed E-state index contributed by atoms with van der Waals surface area (Å²) >= 11 is 1.73. The minimum Gasteiger partial charge on any atom is -0.328 e. The molecule has 0 amide bonds. The number of hydrogen-bond donors (Lipinski definition) is 1. The molecule has 2 atom stereocenters. The van der Waals surface area contributed by atoms with E-state index in [-0.39, 0.29) is 11.3 Å². The van der Waals surface area contributed by atoms with Crippen LogP contribution in [0.25, 0.3) is 0 Å². The zero-order chi connectivity index (χ0) is 6.69. The van der Waals surface area contributed by atoms with Gasteiger partial charge in [0.05, 0.1) is 11.3 Å². The van der Waals surface area contributed by atoms with E-state index in [4.69, 9.17) is 11.0 Å². The second-order valence-corrected chi connectivity index (χ2v) is 3.58. The van der Waals surface area contributed by atoms with E-state index in [9.17, 15) is 0 Å². The fraction of sp³-hybridized carbons (Fsp3) is 0.833. The second-order valence-electron chi connectivity index (χ2n) is 2.27. The van der Waals surface area contributed by atoms with Gasteiger partial charge in [0.25, 0.3) is 0 Å². The van der Waals surface area contributed by atoms with Gasteiger partial charge in [-0.2, -0.15) is 5.26 Å². The third kappa shape index (κ3) is 1.88. The Labute approximate surface area is 59.4 Å². The minimum atomic E-state index is 0.161. The number of nitriles is 1. The Balaban J connectivity index is 2.34. The third-order valence-corrected chi connectivity index (χ3v) is 2.64. The molecular weight excluding hydrogens is 132 g/mol. The van der Waals surface area contributed by atoms with Crippen molar-refractivity contribution in [3.05, 3.63) is 0 Å². The standard InChI is InChI=1S/C6H10N2S/c7-4-6-3-5(8)1-2-9-6/h5-6H,1-3,8H2. The lowest BCUT2D eigenvalue weighted by atomic mass is 10.1. The number of rotatable bonds is 0. The van der Waals surface area contributed by atoms with Crippen LogP contribution in [-0.2, 0) is 0 Å². The van der Waals surface area contributed by atoms with Crippen LogP contribution < -0.4 is 5.73 Å². The van der Waals surface area contributed by atoms with Gasteiger partial charge in [-0.3, -0.25) is 0 Å². The van der Waals surface area contributed by atoms with E-state index in [1.165, 1.54) is 0 Å². The maximum atomic E-state index is 8.48. The molecule has 0 aromatic rings. The summed E-state index contributed by atoms with van der Waals surface area (Å²) in [4.78, 5) is 0. The van der Waals surface area contributed by atoms with Gasteiger partial charge in [-0.15, -0.1) is 11.8 Å². The molecule has 0 spiro atoms. The summed E-state index contributed by atoms with van der Waals surface area (Å²) in [5, 5.41) is 8.64. The average Bonchev–Trinajstić information content (AvgIpc) is 1.88. The summed E-state index contributed by atoms with van der Waals surface area (Å²) in [7, 11) is 0. The molecule has 9 heavy (non-hydrogen) atoms. The van der Waals surface area contributed by atoms with Gasteiger partial charge in [-0.1, -0.05) is 0 Å². The highest BCUT2D eigenvalue weighted by molar-refractivity contribution is 8.00. The van der Waals surface area contributed by atoms with E-state index < -0.39 is 0 Å². The smallest absolute Gasteiger partial charge is 0.0931 e. The van der Waals surface area contributed by atoms with Crippen LogP contribution >= 0.6 is 11.8 Å². The topological polar surface area (TPSA) is 49.8 Å². The molecule has 1 heterocycles. The van der Waals surface area contributed by atoms with E-state index in [0.29, 0.717) is 0 Å². The van der Waals surface area contributed by atoms with Crippen molar-refractivity contribution in [1.82, 2.24) is 0 Å². The predicted molar refractivity (Wildman–Crippen MR) is 39.1 cm³/mol. The van der Waals surface area contributed by atoms with Gasteiger partial charge in [-0.25, -0.2) is 0 Å². The predicted octanol–water partition coefficient (Wildman–Crippen LogP) is 0.733. The zero-order valence-corrected chi connectivity index (χ0v) is 6.03. The third-order valence-electron chi connectivity index (χ3n) is 1.47. The van der Waals surface area contributed by atoms with Crippen LogP contribution in [-0.4, -0.2) is 17.0 Å². The van der Waals surface area contributed by atoms with Crippen molar-refractivity contribution in [2.45, 2.75) is 24.1 Å². The fourth-order valence-electron chi connectivity index (χ4n) is 0.913. The van der Waals surface area contributed by atoms with Crippen LogP contribution in [0.4, 0.5) is 0 Å². The molecule has 0 bridgehead atoms. The first kappa shape index (κ1) is 6.91. The van der Waals surface area contributed by atoms with Crippen LogP contribution in [0.1, 0.15) is 12.8 Å². The molecule has 2 unspecified atom stereocenters. The van der Waals surface area contributed by atoms with Crippen LogP contribution in [0, 0.1) is 11.3 Å². The van der Waals surface area contributed by atoms with Crippen molar-refractivity contribution < 1.29 is 0 Å². The maximum Gasteiger partial charge on any atom is 0.0931 e. The lowest BCUT2D eigenvalue weighted by molar-refractivity contribution is 0.599. The normalized spacial score (nSPS) is 35.6. The first-order valence-electron chi connectivity index (χ1n) is 3.09. The van der Waals surface area contributed by atoms with Gasteiger partial charge >= 0.3 is 0 Å². The Kier molecular flexibility index (Phi) is 2.38. The van der Waals surface area contributed by atoms with Crippen molar-refractivity contribution in [2.75, 3.05) is 5.75 Å². The van der Waals surface area contributed by atoms with E-state index in [2.05, 4.69) is 6.07 Å².